The van der Waals surface area contributed by atoms with E-state index in [1.807, 2.05) is 0 Å². The summed E-state index contributed by atoms with van der Waals surface area (Å²) in [5.41, 5.74) is -4.69. The highest BCUT2D eigenvalue weighted by Gasteiger charge is 2.51. The van der Waals surface area contributed by atoms with Crippen LogP contribution in [0.5, 0.6) is 0 Å². The average molecular weight is 306 g/mol. The first-order chi connectivity index (χ1) is 8.08. The molecule has 0 unspecified atom stereocenters. The van der Waals surface area contributed by atoms with Gasteiger partial charge in [0.05, 0.1) is 0 Å². The van der Waals surface area contributed by atoms with Crippen LogP contribution in [0.15, 0.2) is 12.2 Å². The molecule has 18 heavy (non-hydrogen) atoms. The van der Waals surface area contributed by atoms with Crippen molar-refractivity contribution < 1.29 is 25.2 Å². The molecule has 108 valence electrons. The van der Waals surface area contributed by atoms with E-state index in [2.05, 4.69) is 10.2 Å². The van der Waals surface area contributed by atoms with Crippen molar-refractivity contribution in [2.75, 3.05) is 17.3 Å². The van der Waals surface area contributed by atoms with Gasteiger partial charge in [-0.2, -0.15) is 21.6 Å². The quantitative estimate of drug-likeness (QED) is 0.591. The first-order valence-corrected chi connectivity index (χ1v) is 8.98. The smallest absolute Gasteiger partial charge is 0.213 e. The molecule has 0 amide bonds. The highest BCUT2D eigenvalue weighted by molar-refractivity contribution is 8.33. The zero-order chi connectivity index (χ0) is 14.0. The van der Waals surface area contributed by atoms with E-state index in [9.17, 15) is 21.6 Å². The number of hydrogen-bond acceptors (Lipinski definition) is 3. The van der Waals surface area contributed by atoms with Crippen molar-refractivity contribution in [1.82, 2.24) is 0 Å². The van der Waals surface area contributed by atoms with Gasteiger partial charge in [-0.3, -0.25) is 0 Å². The lowest BCUT2D eigenvalue weighted by Gasteiger charge is -2.41. The lowest BCUT2D eigenvalue weighted by Crippen LogP contribution is -2.31. The van der Waals surface area contributed by atoms with E-state index in [0.29, 0.717) is 29.9 Å². The van der Waals surface area contributed by atoms with Crippen LogP contribution in [0.2, 0.25) is 0 Å². The van der Waals surface area contributed by atoms with Crippen molar-refractivity contribution in [3.63, 3.8) is 0 Å². The van der Waals surface area contributed by atoms with Crippen molar-refractivity contribution in [2.45, 2.75) is 31.7 Å². The van der Waals surface area contributed by atoms with E-state index in [-0.39, 0.29) is 5.75 Å². The Kier molecular flexibility index (Phi) is 4.77. The molecule has 1 aliphatic rings. The van der Waals surface area contributed by atoms with Gasteiger partial charge in [-0.05, 0) is 19.8 Å². The highest BCUT2D eigenvalue weighted by atomic mass is 32.3. The van der Waals surface area contributed by atoms with Gasteiger partial charge in [0.2, 0.25) is 0 Å². The molecule has 1 saturated heterocycles. The lowest BCUT2D eigenvalue weighted by molar-refractivity contribution is -0.0496. The molecule has 8 heteroatoms. The molecule has 1 heterocycles. The molecule has 0 aromatic rings. The molecule has 1 fully saturated rings. The van der Waals surface area contributed by atoms with Crippen molar-refractivity contribution in [2.24, 2.45) is 0 Å². The molecule has 0 spiro atoms. The average Bonchev–Trinajstić information content (AvgIpc) is 2.14. The molecule has 0 atom stereocenters. The zero-order valence-corrected chi connectivity index (χ0v) is 11.8. The molecular formula is C10H17F3O3S2. The summed E-state index contributed by atoms with van der Waals surface area (Å²) in [7, 11) is -7.75. The second kappa shape index (κ2) is 5.42. The minimum absolute atomic E-state index is 0.225. The number of rotatable bonds is 4. The first-order valence-electron chi connectivity index (χ1n) is 5.51. The van der Waals surface area contributed by atoms with Gasteiger partial charge in [-0.25, -0.2) is 3.63 Å². The van der Waals surface area contributed by atoms with Gasteiger partial charge in [0, 0.05) is 17.3 Å². The molecule has 1 aliphatic heterocycles. The standard InChI is InChI=1S/C10H17F3O3S2/c1-9(2)8-17(6-4-3-5-7-17)16-18(14,15)10(11,12)13/h1,3-8H2,2H3. The molecule has 0 bridgehead atoms. The van der Waals surface area contributed by atoms with E-state index in [1.165, 1.54) is 0 Å². The fourth-order valence-electron chi connectivity index (χ4n) is 1.92. The van der Waals surface area contributed by atoms with Crippen LogP contribution >= 0.6 is 10.3 Å². The Bertz CT molecular complexity index is 409. The summed E-state index contributed by atoms with van der Waals surface area (Å²) >= 11 is 0. The maximum atomic E-state index is 12.4. The van der Waals surface area contributed by atoms with Crippen LogP contribution in [0.25, 0.3) is 0 Å². The van der Waals surface area contributed by atoms with Gasteiger partial charge in [-0.15, -0.1) is 10.3 Å². The van der Waals surface area contributed by atoms with Gasteiger partial charge in [0.15, 0.2) is 0 Å². The van der Waals surface area contributed by atoms with Crippen molar-refractivity contribution in [1.29, 1.82) is 0 Å². The summed E-state index contributed by atoms with van der Waals surface area (Å²) in [5.74, 6) is 1.02. The Morgan fingerprint density at radius 3 is 2.17 bits per heavy atom. The van der Waals surface area contributed by atoms with E-state index in [0.717, 1.165) is 6.42 Å². The minimum Gasteiger partial charge on any atom is -0.213 e. The minimum atomic E-state index is -5.51. The van der Waals surface area contributed by atoms with Crippen LogP contribution in [-0.2, 0) is 13.7 Å². The highest BCUT2D eigenvalue weighted by Crippen LogP contribution is 2.56. The number of halogens is 3. The van der Waals surface area contributed by atoms with Crippen LogP contribution in [0.1, 0.15) is 26.2 Å². The fourth-order valence-corrected chi connectivity index (χ4v) is 7.34. The summed E-state index contributed by atoms with van der Waals surface area (Å²) in [4.78, 5) is 0. The van der Waals surface area contributed by atoms with Crippen LogP contribution in [0.4, 0.5) is 13.2 Å². The number of hydrogen-bond donors (Lipinski definition) is 0. The molecule has 0 aromatic heterocycles. The van der Waals surface area contributed by atoms with E-state index in [4.69, 9.17) is 0 Å². The van der Waals surface area contributed by atoms with Crippen molar-refractivity contribution >= 4 is 20.4 Å². The second-order valence-corrected chi connectivity index (χ2v) is 9.46. The molecule has 0 aliphatic carbocycles. The summed E-state index contributed by atoms with van der Waals surface area (Å²) < 4.78 is 64.0. The molecule has 0 N–H and O–H groups in total. The van der Waals surface area contributed by atoms with Gasteiger partial charge < -0.3 is 0 Å². The zero-order valence-electron chi connectivity index (χ0n) is 10.1. The number of alkyl halides is 3. The summed E-state index contributed by atoms with van der Waals surface area (Å²) in [6, 6.07) is 0. The largest absolute Gasteiger partial charge is 0.523 e. The van der Waals surface area contributed by atoms with E-state index >= 15 is 0 Å². The maximum Gasteiger partial charge on any atom is 0.523 e. The van der Waals surface area contributed by atoms with Crippen molar-refractivity contribution in [3.05, 3.63) is 12.2 Å². The second-order valence-electron chi connectivity index (χ2n) is 4.50. The summed E-state index contributed by atoms with van der Waals surface area (Å²) in [6.07, 6.45) is 2.31. The summed E-state index contributed by atoms with van der Waals surface area (Å²) in [5, 5.41) is 0. The molecule has 0 saturated carbocycles. The first kappa shape index (κ1) is 15.8. The van der Waals surface area contributed by atoms with Crippen LogP contribution < -0.4 is 0 Å². The third-order valence-corrected chi connectivity index (χ3v) is 8.08. The molecule has 3 nitrogen and oxygen atoms in total. The third kappa shape index (κ3) is 3.89. The lowest BCUT2D eigenvalue weighted by atomic mass is 10.3. The van der Waals surface area contributed by atoms with Crippen molar-refractivity contribution in [3.8, 4) is 0 Å². The van der Waals surface area contributed by atoms with Crippen LogP contribution in [0, 0.1) is 0 Å². The Labute approximate surface area is 107 Å². The molecular weight excluding hydrogens is 289 g/mol. The predicted molar refractivity (Wildman–Crippen MR) is 66.9 cm³/mol. The Morgan fingerprint density at radius 1 is 1.28 bits per heavy atom. The fraction of sp³-hybridized carbons (Fsp3) is 0.800. The van der Waals surface area contributed by atoms with E-state index < -0.39 is 25.9 Å². The SMILES string of the molecule is C=C(C)CS1(OS(=O)(=O)C(F)(F)F)CCCCC1. The topological polar surface area (TPSA) is 43.4 Å². The third-order valence-electron chi connectivity index (χ3n) is 2.56. The Balaban J connectivity index is 2.95. The Morgan fingerprint density at radius 2 is 1.78 bits per heavy atom. The monoisotopic (exact) mass is 306 g/mol. The van der Waals surface area contributed by atoms with Gasteiger partial charge >= 0.3 is 15.6 Å². The molecule has 1 rings (SSSR count). The normalized spacial score (nSPS) is 22.4. The summed E-state index contributed by atoms with van der Waals surface area (Å²) in [6.45, 7) is 5.32. The molecule has 0 aromatic carbocycles. The Hall–Kier alpha value is -0.210. The van der Waals surface area contributed by atoms with Crippen LogP contribution in [0.3, 0.4) is 0 Å². The molecule has 0 radical (unpaired) electrons. The van der Waals surface area contributed by atoms with Gasteiger partial charge in [0.1, 0.15) is 0 Å². The van der Waals surface area contributed by atoms with Crippen LogP contribution in [-0.4, -0.2) is 31.2 Å². The maximum absolute atomic E-state index is 12.4. The van der Waals surface area contributed by atoms with Gasteiger partial charge in [-0.1, -0.05) is 18.6 Å². The predicted octanol–water partition coefficient (Wildman–Crippen LogP) is 3.33. The van der Waals surface area contributed by atoms with Gasteiger partial charge in [0.25, 0.3) is 0 Å². The van der Waals surface area contributed by atoms with E-state index in [1.54, 1.807) is 6.92 Å².